The molecule has 1 fully saturated rings. The molecule has 1 saturated heterocycles. The van der Waals surface area contributed by atoms with Crippen LogP contribution in [0.3, 0.4) is 0 Å². The van der Waals surface area contributed by atoms with Gasteiger partial charge in [-0.2, -0.15) is 0 Å². The summed E-state index contributed by atoms with van der Waals surface area (Å²) >= 11 is 0. The van der Waals surface area contributed by atoms with Crippen molar-refractivity contribution in [2.45, 2.75) is 12.5 Å². The van der Waals surface area contributed by atoms with Gasteiger partial charge in [0.05, 0.1) is 17.1 Å². The summed E-state index contributed by atoms with van der Waals surface area (Å²) in [4.78, 5) is 25.5. The van der Waals surface area contributed by atoms with Gasteiger partial charge in [0.1, 0.15) is 0 Å². The number of esters is 1. The second-order valence-corrected chi connectivity index (χ2v) is 7.91. The molecular formula is C15H20N2O5S. The molecule has 1 aliphatic rings. The van der Waals surface area contributed by atoms with Crippen molar-refractivity contribution in [3.8, 4) is 0 Å². The van der Waals surface area contributed by atoms with Crippen LogP contribution < -0.4 is 10.2 Å². The third-order valence-electron chi connectivity index (χ3n) is 3.55. The maximum Gasteiger partial charge on any atom is 0.338 e. The minimum atomic E-state index is -3.05. The number of benzene rings is 1. The number of rotatable bonds is 5. The van der Waals surface area contributed by atoms with Crippen molar-refractivity contribution >= 4 is 27.4 Å². The normalized spacial score (nSPS) is 19.1. The minimum Gasteiger partial charge on any atom is -0.452 e. The molecule has 1 heterocycles. The molecule has 7 nitrogen and oxygen atoms in total. The van der Waals surface area contributed by atoms with Crippen molar-refractivity contribution in [3.63, 3.8) is 0 Å². The van der Waals surface area contributed by atoms with E-state index in [2.05, 4.69) is 5.32 Å². The van der Waals surface area contributed by atoms with Gasteiger partial charge < -0.3 is 15.0 Å². The number of hydrogen-bond donors (Lipinski definition) is 1. The van der Waals surface area contributed by atoms with Crippen LogP contribution in [0.25, 0.3) is 0 Å². The number of sulfone groups is 1. The standard InChI is InChI=1S/C15H20N2O5S/c1-17(2)13-5-3-11(4-6-13)15(19)22-9-14(18)16-12-7-8-23(20,21)10-12/h3-6,12H,7-10H2,1-2H3,(H,16,18). The number of nitrogens with zero attached hydrogens (tertiary/aromatic N) is 1. The molecule has 0 radical (unpaired) electrons. The molecule has 0 aliphatic carbocycles. The lowest BCUT2D eigenvalue weighted by Gasteiger charge is -2.13. The molecule has 0 saturated carbocycles. The first kappa shape index (κ1) is 17.3. The van der Waals surface area contributed by atoms with Crippen molar-refractivity contribution in [1.29, 1.82) is 0 Å². The summed E-state index contributed by atoms with van der Waals surface area (Å²) in [7, 11) is 0.727. The van der Waals surface area contributed by atoms with Gasteiger partial charge >= 0.3 is 5.97 Å². The average molecular weight is 340 g/mol. The largest absolute Gasteiger partial charge is 0.452 e. The second-order valence-electron chi connectivity index (χ2n) is 5.68. The van der Waals surface area contributed by atoms with Crippen LogP contribution in [0.2, 0.25) is 0 Å². The number of amides is 1. The molecule has 1 N–H and O–H groups in total. The highest BCUT2D eigenvalue weighted by atomic mass is 32.2. The molecular weight excluding hydrogens is 320 g/mol. The van der Waals surface area contributed by atoms with Crippen LogP contribution in [-0.4, -0.2) is 58.5 Å². The van der Waals surface area contributed by atoms with Crippen molar-refractivity contribution in [2.24, 2.45) is 0 Å². The molecule has 0 bridgehead atoms. The lowest BCUT2D eigenvalue weighted by molar-refractivity contribution is -0.124. The monoisotopic (exact) mass is 340 g/mol. The quantitative estimate of drug-likeness (QED) is 0.771. The van der Waals surface area contributed by atoms with Crippen LogP contribution in [0.4, 0.5) is 5.69 Å². The zero-order valence-corrected chi connectivity index (χ0v) is 13.9. The van der Waals surface area contributed by atoms with Crippen LogP contribution in [-0.2, 0) is 19.4 Å². The van der Waals surface area contributed by atoms with E-state index < -0.39 is 34.4 Å². The Morgan fingerprint density at radius 3 is 2.43 bits per heavy atom. The third kappa shape index (κ3) is 4.95. The van der Waals surface area contributed by atoms with Gasteiger partial charge in [-0.15, -0.1) is 0 Å². The molecule has 8 heteroatoms. The van der Waals surface area contributed by atoms with Gasteiger partial charge in [-0.1, -0.05) is 0 Å². The van der Waals surface area contributed by atoms with E-state index in [1.165, 1.54) is 0 Å². The van der Waals surface area contributed by atoms with Gasteiger partial charge in [0.2, 0.25) is 0 Å². The highest BCUT2D eigenvalue weighted by molar-refractivity contribution is 7.91. The van der Waals surface area contributed by atoms with Gasteiger partial charge in [0, 0.05) is 25.8 Å². The fourth-order valence-electron chi connectivity index (χ4n) is 2.29. The fraction of sp³-hybridized carbons (Fsp3) is 0.467. The van der Waals surface area contributed by atoms with Gasteiger partial charge in [-0.05, 0) is 30.7 Å². The second kappa shape index (κ2) is 6.99. The van der Waals surface area contributed by atoms with E-state index in [0.29, 0.717) is 12.0 Å². The Labute approximate surface area is 135 Å². The van der Waals surface area contributed by atoms with E-state index >= 15 is 0 Å². The molecule has 126 valence electrons. The molecule has 1 atom stereocenters. The lowest BCUT2D eigenvalue weighted by atomic mass is 10.2. The van der Waals surface area contributed by atoms with E-state index in [9.17, 15) is 18.0 Å². The first-order valence-electron chi connectivity index (χ1n) is 7.21. The maximum atomic E-state index is 11.9. The van der Waals surface area contributed by atoms with E-state index in [4.69, 9.17) is 4.74 Å². The smallest absolute Gasteiger partial charge is 0.338 e. The molecule has 0 spiro atoms. The third-order valence-corrected chi connectivity index (χ3v) is 5.32. The zero-order valence-electron chi connectivity index (χ0n) is 13.1. The Balaban J connectivity index is 1.81. The van der Waals surface area contributed by atoms with Gasteiger partial charge in [0.15, 0.2) is 16.4 Å². The maximum absolute atomic E-state index is 11.9. The summed E-state index contributed by atoms with van der Waals surface area (Å²) in [6.07, 6.45) is 0.397. The molecule has 0 aromatic heterocycles. The van der Waals surface area contributed by atoms with Crippen LogP contribution in [0.5, 0.6) is 0 Å². The van der Waals surface area contributed by atoms with Crippen molar-refractivity contribution in [3.05, 3.63) is 29.8 Å². The molecule has 2 rings (SSSR count). The Bertz CT molecular complexity index is 682. The zero-order chi connectivity index (χ0) is 17.0. The van der Waals surface area contributed by atoms with Crippen molar-refractivity contribution in [2.75, 3.05) is 37.1 Å². The topological polar surface area (TPSA) is 92.8 Å². The van der Waals surface area contributed by atoms with Crippen LogP contribution in [0.15, 0.2) is 24.3 Å². The van der Waals surface area contributed by atoms with E-state index in [1.807, 2.05) is 19.0 Å². The Hall–Kier alpha value is -2.09. The van der Waals surface area contributed by atoms with Gasteiger partial charge in [-0.25, -0.2) is 13.2 Å². The number of carbonyl (C=O) groups is 2. The van der Waals surface area contributed by atoms with E-state index in [-0.39, 0.29) is 11.5 Å². The van der Waals surface area contributed by atoms with Crippen LogP contribution >= 0.6 is 0 Å². The number of anilines is 1. The van der Waals surface area contributed by atoms with Crippen molar-refractivity contribution < 1.29 is 22.7 Å². The SMILES string of the molecule is CN(C)c1ccc(C(=O)OCC(=O)NC2CCS(=O)(=O)C2)cc1. The summed E-state index contributed by atoms with van der Waals surface area (Å²) in [5, 5.41) is 2.56. The molecule has 23 heavy (non-hydrogen) atoms. The Kier molecular flexibility index (Phi) is 5.25. The summed E-state index contributed by atoms with van der Waals surface area (Å²) in [5.74, 6) is -1.07. The highest BCUT2D eigenvalue weighted by Gasteiger charge is 2.29. The Morgan fingerprint density at radius 1 is 1.26 bits per heavy atom. The summed E-state index contributed by atoms with van der Waals surface area (Å²) in [5.41, 5.74) is 1.30. The lowest BCUT2D eigenvalue weighted by Crippen LogP contribution is -2.38. The Morgan fingerprint density at radius 2 is 1.91 bits per heavy atom. The predicted octanol–water partition coefficient (Wildman–Crippen LogP) is 0.213. The molecule has 1 aliphatic heterocycles. The van der Waals surface area contributed by atoms with E-state index in [1.54, 1.807) is 24.3 Å². The van der Waals surface area contributed by atoms with Gasteiger partial charge in [-0.3, -0.25) is 4.79 Å². The summed E-state index contributed by atoms with van der Waals surface area (Å²) in [6.45, 7) is -0.426. The molecule has 1 aromatic carbocycles. The fourth-order valence-corrected chi connectivity index (χ4v) is 3.96. The van der Waals surface area contributed by atoms with E-state index in [0.717, 1.165) is 5.69 Å². The number of nitrogens with one attached hydrogen (secondary N) is 1. The summed E-state index contributed by atoms with van der Waals surface area (Å²) in [6, 6.07) is 6.41. The summed E-state index contributed by atoms with van der Waals surface area (Å²) < 4.78 is 27.6. The molecule has 1 unspecified atom stereocenters. The minimum absolute atomic E-state index is 0.0569. The highest BCUT2D eigenvalue weighted by Crippen LogP contribution is 2.13. The average Bonchev–Trinajstić information content (AvgIpc) is 2.83. The number of hydrogen-bond acceptors (Lipinski definition) is 6. The number of ether oxygens (including phenoxy) is 1. The number of carbonyl (C=O) groups excluding carboxylic acids is 2. The molecule has 1 amide bonds. The first-order chi connectivity index (χ1) is 10.8. The van der Waals surface area contributed by atoms with Gasteiger partial charge in [0.25, 0.3) is 5.91 Å². The molecule has 1 aromatic rings. The van der Waals surface area contributed by atoms with Crippen LogP contribution in [0.1, 0.15) is 16.8 Å². The first-order valence-corrected chi connectivity index (χ1v) is 9.03. The predicted molar refractivity (Wildman–Crippen MR) is 86.3 cm³/mol. The van der Waals surface area contributed by atoms with Crippen LogP contribution in [0, 0.1) is 0 Å². The van der Waals surface area contributed by atoms with Crippen molar-refractivity contribution in [1.82, 2.24) is 5.32 Å².